The number of benzene rings is 4. The normalized spacial score (nSPS) is 16.5. The van der Waals surface area contributed by atoms with E-state index in [-0.39, 0.29) is 16.3 Å². The van der Waals surface area contributed by atoms with Crippen LogP contribution in [0.4, 0.5) is 11.4 Å². The van der Waals surface area contributed by atoms with E-state index in [2.05, 4.69) is 5.32 Å². The second-order valence-corrected chi connectivity index (χ2v) is 12.3. The summed E-state index contributed by atoms with van der Waals surface area (Å²) < 4.78 is 7.29. The van der Waals surface area contributed by atoms with Crippen molar-refractivity contribution in [2.24, 2.45) is 4.99 Å². The molecule has 0 spiro atoms. The van der Waals surface area contributed by atoms with Crippen LogP contribution in [-0.4, -0.2) is 23.5 Å². The molecule has 0 aliphatic carbocycles. The molecule has 2 aliphatic heterocycles. The van der Waals surface area contributed by atoms with Gasteiger partial charge in [0.15, 0.2) is 4.80 Å². The first-order chi connectivity index (χ1) is 22.3. The fourth-order valence-electron chi connectivity index (χ4n) is 5.94. The van der Waals surface area contributed by atoms with Gasteiger partial charge in [-0.1, -0.05) is 83.6 Å². The van der Waals surface area contributed by atoms with Gasteiger partial charge in [-0.2, -0.15) is 0 Å². The van der Waals surface area contributed by atoms with E-state index in [4.69, 9.17) is 21.3 Å². The fourth-order valence-corrected chi connectivity index (χ4v) is 7.20. The molecular weight excluding hydrogens is 620 g/mol. The zero-order valence-corrected chi connectivity index (χ0v) is 26.4. The van der Waals surface area contributed by atoms with E-state index in [0.29, 0.717) is 61.5 Å². The third kappa shape index (κ3) is 5.13. The van der Waals surface area contributed by atoms with E-state index >= 15 is 0 Å². The largest absolute Gasteiger partial charge is 0.497 e. The minimum absolute atomic E-state index is 0.264. The number of carbonyl (C=O) groups excluding carboxylic acids is 2. The highest BCUT2D eigenvalue weighted by Crippen LogP contribution is 2.37. The number of aromatic nitrogens is 1. The maximum atomic E-state index is 14.6. The Morgan fingerprint density at radius 2 is 1.70 bits per heavy atom. The van der Waals surface area contributed by atoms with Gasteiger partial charge in [0.05, 0.1) is 42.2 Å². The van der Waals surface area contributed by atoms with Crippen molar-refractivity contribution in [1.82, 2.24) is 4.57 Å². The molecule has 228 valence electrons. The molecule has 10 heteroatoms. The Hall–Kier alpha value is -5.25. The molecular formula is C36H27ClN4O4S. The number of nitrogens with zero attached hydrogens (tertiary/aromatic N) is 3. The lowest BCUT2D eigenvalue weighted by Gasteiger charge is -2.25. The number of halogens is 1. The Morgan fingerprint density at radius 3 is 2.46 bits per heavy atom. The Labute approximate surface area is 273 Å². The lowest BCUT2D eigenvalue weighted by atomic mass is 9.95. The van der Waals surface area contributed by atoms with Crippen molar-refractivity contribution in [1.29, 1.82) is 0 Å². The quantitative estimate of drug-likeness (QED) is 0.266. The number of hydrogen-bond donors (Lipinski definition) is 1. The molecule has 0 radical (unpaired) electrons. The minimum atomic E-state index is -0.818. The molecule has 46 heavy (non-hydrogen) atoms. The lowest BCUT2D eigenvalue weighted by molar-refractivity contribution is -0.114. The van der Waals surface area contributed by atoms with Crippen LogP contribution in [0, 0.1) is 0 Å². The molecule has 0 saturated heterocycles. The van der Waals surface area contributed by atoms with Gasteiger partial charge in [0.1, 0.15) is 10.3 Å². The molecule has 0 bridgehead atoms. The SMILES string of the molecule is COc1cccc([C@H]2C(C(=O)Nc3ccccc3)=C(C)N=c3s/c(=C4/C(=O)N(Cc5ccc(Cl)cc5)c5ccccc54)c(=O)n32)c1. The zero-order valence-electron chi connectivity index (χ0n) is 24.9. The number of rotatable bonds is 6. The van der Waals surface area contributed by atoms with Gasteiger partial charge in [0.25, 0.3) is 17.4 Å². The summed E-state index contributed by atoms with van der Waals surface area (Å²) in [7, 11) is 1.56. The van der Waals surface area contributed by atoms with Crippen LogP contribution in [0.5, 0.6) is 5.75 Å². The first kappa shape index (κ1) is 29.5. The van der Waals surface area contributed by atoms with Gasteiger partial charge in [-0.3, -0.25) is 19.0 Å². The minimum Gasteiger partial charge on any atom is -0.497 e. The van der Waals surface area contributed by atoms with Crippen molar-refractivity contribution >= 4 is 51.7 Å². The molecule has 0 fully saturated rings. The highest BCUT2D eigenvalue weighted by atomic mass is 35.5. The summed E-state index contributed by atoms with van der Waals surface area (Å²) in [6.45, 7) is 2.07. The van der Waals surface area contributed by atoms with Crippen LogP contribution in [0.25, 0.3) is 5.57 Å². The van der Waals surface area contributed by atoms with Gasteiger partial charge in [-0.05, 0) is 60.5 Å². The van der Waals surface area contributed by atoms with E-state index in [1.54, 1.807) is 49.3 Å². The number of hydrogen-bond acceptors (Lipinski definition) is 6. The average Bonchev–Trinajstić information content (AvgIpc) is 3.53. The molecule has 0 saturated carbocycles. The molecule has 3 heterocycles. The molecule has 5 aromatic rings. The van der Waals surface area contributed by atoms with E-state index in [9.17, 15) is 14.4 Å². The number of anilines is 2. The Bertz CT molecular complexity index is 2240. The van der Waals surface area contributed by atoms with Gasteiger partial charge >= 0.3 is 0 Å². The second-order valence-electron chi connectivity index (χ2n) is 10.9. The highest BCUT2D eigenvalue weighted by Gasteiger charge is 2.37. The van der Waals surface area contributed by atoms with Gasteiger partial charge in [-0.25, -0.2) is 4.99 Å². The topological polar surface area (TPSA) is 93.0 Å². The monoisotopic (exact) mass is 646 g/mol. The van der Waals surface area contributed by atoms with Crippen LogP contribution in [0.15, 0.2) is 124 Å². The molecule has 8 nitrogen and oxygen atoms in total. The summed E-state index contributed by atoms with van der Waals surface area (Å²) in [4.78, 5) is 49.5. The van der Waals surface area contributed by atoms with Crippen molar-refractivity contribution in [3.8, 4) is 5.75 Å². The molecule has 2 aliphatic rings. The molecule has 1 atom stereocenters. The van der Waals surface area contributed by atoms with Gasteiger partial charge in [-0.15, -0.1) is 0 Å². The fraction of sp³-hybridized carbons (Fsp3) is 0.111. The third-order valence-corrected chi connectivity index (χ3v) is 9.39. The van der Waals surface area contributed by atoms with Crippen LogP contribution >= 0.6 is 22.9 Å². The maximum Gasteiger partial charge on any atom is 0.271 e. The summed E-state index contributed by atoms with van der Waals surface area (Å²) >= 11 is 7.25. The standard InChI is InChI=1S/C36H27ClN4O4S/c1-21-29(33(42)39-25-10-4-3-5-11-25)31(23-9-8-12-26(19-23)45-2)41-35(44)32(46-36(41)38-21)30-27-13-6-7-14-28(27)40(34(30)43)20-22-15-17-24(37)18-16-22/h3-19,31H,20H2,1-2H3,(H,39,42)/b32-30+/t31-/m0/s1. The Morgan fingerprint density at radius 1 is 0.957 bits per heavy atom. The van der Waals surface area contributed by atoms with Gasteiger partial charge in [0.2, 0.25) is 0 Å². The second kappa shape index (κ2) is 11.9. The summed E-state index contributed by atoms with van der Waals surface area (Å²) in [6, 6.07) is 30.4. The van der Waals surface area contributed by atoms with Crippen LogP contribution in [0.2, 0.25) is 5.02 Å². The van der Waals surface area contributed by atoms with Crippen LogP contribution in [0.1, 0.15) is 29.7 Å². The van der Waals surface area contributed by atoms with E-state index in [1.165, 1.54) is 4.57 Å². The van der Waals surface area contributed by atoms with Gasteiger partial charge in [0, 0.05) is 16.3 Å². The number of carbonyl (C=O) groups is 2. The number of ether oxygens (including phenoxy) is 1. The lowest BCUT2D eigenvalue weighted by Crippen LogP contribution is -2.41. The van der Waals surface area contributed by atoms with Crippen molar-refractivity contribution in [2.45, 2.75) is 19.5 Å². The molecule has 1 N–H and O–H groups in total. The molecule has 4 aromatic carbocycles. The highest BCUT2D eigenvalue weighted by molar-refractivity contribution is 7.07. The molecule has 2 amide bonds. The molecule has 0 unspecified atom stereocenters. The predicted molar refractivity (Wildman–Crippen MR) is 180 cm³/mol. The number of para-hydroxylation sites is 2. The Kier molecular flexibility index (Phi) is 7.64. The summed E-state index contributed by atoms with van der Waals surface area (Å²) in [6.07, 6.45) is 0. The summed E-state index contributed by atoms with van der Waals surface area (Å²) in [5, 5.41) is 3.57. The number of methoxy groups -OCH3 is 1. The average molecular weight is 647 g/mol. The first-order valence-corrected chi connectivity index (χ1v) is 15.7. The summed E-state index contributed by atoms with van der Waals surface area (Å²) in [5.74, 6) is -0.0793. The van der Waals surface area contributed by atoms with Crippen LogP contribution < -0.4 is 29.8 Å². The number of allylic oxidation sites excluding steroid dienone is 1. The maximum absolute atomic E-state index is 14.6. The molecule has 7 rings (SSSR count). The first-order valence-electron chi connectivity index (χ1n) is 14.5. The smallest absolute Gasteiger partial charge is 0.271 e. The number of fused-ring (bicyclic) bond motifs is 2. The van der Waals surface area contributed by atoms with E-state index in [1.807, 2.05) is 72.8 Å². The van der Waals surface area contributed by atoms with Crippen molar-refractivity contribution < 1.29 is 14.3 Å². The van der Waals surface area contributed by atoms with Crippen molar-refractivity contribution in [3.05, 3.63) is 156 Å². The zero-order chi connectivity index (χ0) is 31.9. The van der Waals surface area contributed by atoms with E-state index < -0.39 is 11.6 Å². The third-order valence-electron chi connectivity index (χ3n) is 8.09. The Balaban J connectivity index is 1.41. The number of nitrogens with one attached hydrogen (secondary N) is 1. The van der Waals surface area contributed by atoms with E-state index in [0.717, 1.165) is 16.9 Å². The number of amides is 2. The van der Waals surface area contributed by atoms with Crippen LogP contribution in [0.3, 0.4) is 0 Å². The van der Waals surface area contributed by atoms with Crippen LogP contribution in [-0.2, 0) is 16.1 Å². The molecule has 1 aromatic heterocycles. The van der Waals surface area contributed by atoms with Crippen molar-refractivity contribution in [3.63, 3.8) is 0 Å². The van der Waals surface area contributed by atoms with Gasteiger partial charge < -0.3 is 15.0 Å². The van der Waals surface area contributed by atoms with Crippen molar-refractivity contribution in [2.75, 3.05) is 17.3 Å². The summed E-state index contributed by atoms with van der Waals surface area (Å²) in [5.41, 5.74) is 4.28. The number of thiazole rings is 1. The predicted octanol–water partition coefficient (Wildman–Crippen LogP) is 5.45.